The number of piperidine rings is 2. The molecule has 3 aromatic rings. The summed E-state index contributed by atoms with van der Waals surface area (Å²) in [6.45, 7) is 7.35. The van der Waals surface area contributed by atoms with E-state index in [9.17, 15) is 8.78 Å². The second-order valence-corrected chi connectivity index (χ2v) is 8.67. The van der Waals surface area contributed by atoms with Gasteiger partial charge in [0, 0.05) is 17.8 Å². The van der Waals surface area contributed by atoms with Gasteiger partial charge in [-0.3, -0.25) is 0 Å². The van der Waals surface area contributed by atoms with E-state index in [1.54, 1.807) is 6.07 Å². The fourth-order valence-corrected chi connectivity index (χ4v) is 4.88. The number of aryl methyl sites for hydroxylation is 1. The Labute approximate surface area is 204 Å². The van der Waals surface area contributed by atoms with Crippen molar-refractivity contribution in [2.45, 2.75) is 44.9 Å². The second-order valence-electron chi connectivity index (χ2n) is 8.67. The lowest BCUT2D eigenvalue weighted by molar-refractivity contribution is 0.157. The molecule has 0 saturated carbocycles. The lowest BCUT2D eigenvalue weighted by Gasteiger charge is -2.34. The minimum atomic E-state index is -0.942. The van der Waals surface area contributed by atoms with Gasteiger partial charge in [0.2, 0.25) is 5.89 Å². The summed E-state index contributed by atoms with van der Waals surface area (Å²) in [4.78, 5) is 7.06. The van der Waals surface area contributed by atoms with Crippen molar-refractivity contribution in [3.05, 3.63) is 35.4 Å². The standard InChI is InChI=1S/C22H28F2N6O.2ClH/c1-2-18-16-3-4-17(23)19(24)20(16)30(27-18)22-26-21(31-28-22)15-7-11-29(12-8-15)13-14-5-9-25-10-6-14;;/h3-4,14-15,25H,2,5-13H2,1H3;2*1H. The van der Waals surface area contributed by atoms with Crippen molar-refractivity contribution in [3.8, 4) is 5.95 Å². The summed E-state index contributed by atoms with van der Waals surface area (Å²) in [7, 11) is 0. The van der Waals surface area contributed by atoms with Gasteiger partial charge in [0.1, 0.15) is 5.52 Å². The Balaban J connectivity index is 0.00000153. The highest BCUT2D eigenvalue weighted by molar-refractivity contribution is 5.85. The zero-order valence-electron chi connectivity index (χ0n) is 18.6. The molecule has 0 spiro atoms. The first-order valence-electron chi connectivity index (χ1n) is 11.3. The zero-order valence-corrected chi connectivity index (χ0v) is 20.2. The highest BCUT2D eigenvalue weighted by Gasteiger charge is 2.28. The Morgan fingerprint density at radius 2 is 1.82 bits per heavy atom. The maximum atomic E-state index is 14.6. The SMILES string of the molecule is CCc1nn(-c2noc(C3CCN(CC4CCNCC4)CC3)n2)c2c(F)c(F)ccc12.Cl.Cl. The number of nitrogens with zero attached hydrogens (tertiary/aromatic N) is 5. The maximum Gasteiger partial charge on any atom is 0.291 e. The van der Waals surface area contributed by atoms with E-state index in [2.05, 4.69) is 25.5 Å². The highest BCUT2D eigenvalue weighted by atomic mass is 35.5. The van der Waals surface area contributed by atoms with Gasteiger partial charge in [0.15, 0.2) is 11.6 Å². The van der Waals surface area contributed by atoms with Gasteiger partial charge in [-0.2, -0.15) is 14.8 Å². The molecule has 0 amide bonds. The summed E-state index contributed by atoms with van der Waals surface area (Å²) in [6, 6.07) is 2.68. The van der Waals surface area contributed by atoms with Crippen LogP contribution in [-0.2, 0) is 6.42 Å². The average Bonchev–Trinajstić information content (AvgIpc) is 3.43. The predicted molar refractivity (Wildman–Crippen MR) is 127 cm³/mol. The van der Waals surface area contributed by atoms with Crippen molar-refractivity contribution in [1.29, 1.82) is 0 Å². The van der Waals surface area contributed by atoms with Crippen LogP contribution in [0.4, 0.5) is 8.78 Å². The molecule has 0 radical (unpaired) electrons. The zero-order chi connectivity index (χ0) is 21.4. The third-order valence-electron chi connectivity index (χ3n) is 6.68. The van der Waals surface area contributed by atoms with Crippen molar-refractivity contribution in [2.75, 3.05) is 32.7 Å². The molecule has 2 aromatic heterocycles. The quantitative estimate of drug-likeness (QED) is 0.561. The Morgan fingerprint density at radius 1 is 1.09 bits per heavy atom. The largest absolute Gasteiger partial charge is 0.337 e. The molecular weight excluding hydrogens is 473 g/mol. The number of halogens is 4. The van der Waals surface area contributed by atoms with Crippen LogP contribution in [0.1, 0.15) is 50.1 Å². The molecule has 5 rings (SSSR count). The van der Waals surface area contributed by atoms with Crippen molar-refractivity contribution in [2.24, 2.45) is 5.92 Å². The molecule has 2 saturated heterocycles. The summed E-state index contributed by atoms with van der Waals surface area (Å²) in [5, 5.41) is 12.5. The van der Waals surface area contributed by atoms with Crippen LogP contribution >= 0.6 is 24.8 Å². The van der Waals surface area contributed by atoms with Crippen molar-refractivity contribution >= 4 is 35.7 Å². The number of fused-ring (bicyclic) bond motifs is 1. The van der Waals surface area contributed by atoms with E-state index in [0.717, 1.165) is 57.5 Å². The number of rotatable bonds is 5. The summed E-state index contributed by atoms with van der Waals surface area (Å²) < 4.78 is 35.2. The number of hydrogen-bond donors (Lipinski definition) is 1. The monoisotopic (exact) mass is 502 g/mol. The van der Waals surface area contributed by atoms with E-state index < -0.39 is 11.6 Å². The first-order chi connectivity index (χ1) is 15.1. The van der Waals surface area contributed by atoms with Crippen LogP contribution in [-0.4, -0.2) is 57.5 Å². The fourth-order valence-electron chi connectivity index (χ4n) is 4.88. The Kier molecular flexibility index (Phi) is 8.66. The molecule has 7 nitrogen and oxygen atoms in total. The minimum Gasteiger partial charge on any atom is -0.337 e. The Hall–Kier alpha value is -1.81. The number of benzene rings is 1. The number of nitrogens with one attached hydrogen (secondary N) is 1. The van der Waals surface area contributed by atoms with E-state index in [4.69, 9.17) is 4.52 Å². The average molecular weight is 503 g/mol. The molecule has 2 aliphatic heterocycles. The number of likely N-dealkylation sites (tertiary alicyclic amines) is 1. The van der Waals surface area contributed by atoms with E-state index in [-0.39, 0.29) is 42.2 Å². The summed E-state index contributed by atoms with van der Waals surface area (Å²) in [6.07, 6.45) is 5.00. The fraction of sp³-hybridized carbons (Fsp3) is 0.591. The Bertz CT molecular complexity index is 1060. The summed E-state index contributed by atoms with van der Waals surface area (Å²) >= 11 is 0. The topological polar surface area (TPSA) is 72.0 Å². The molecule has 2 aliphatic rings. The molecule has 0 bridgehead atoms. The molecule has 1 aromatic carbocycles. The molecule has 11 heteroatoms. The molecular formula is C22H30Cl2F2N6O. The van der Waals surface area contributed by atoms with E-state index >= 15 is 0 Å². The van der Waals surface area contributed by atoms with Crippen LogP contribution in [0.3, 0.4) is 0 Å². The first-order valence-corrected chi connectivity index (χ1v) is 11.3. The third-order valence-corrected chi connectivity index (χ3v) is 6.68. The van der Waals surface area contributed by atoms with Gasteiger partial charge in [0.25, 0.3) is 5.95 Å². The maximum absolute atomic E-state index is 14.6. The van der Waals surface area contributed by atoms with Crippen LogP contribution in [0, 0.1) is 17.6 Å². The lowest BCUT2D eigenvalue weighted by atomic mass is 9.93. The predicted octanol–water partition coefficient (Wildman–Crippen LogP) is 4.27. The highest BCUT2D eigenvalue weighted by Crippen LogP contribution is 2.30. The summed E-state index contributed by atoms with van der Waals surface area (Å²) in [5.74, 6) is -0.191. The molecule has 2 fully saturated rings. The smallest absolute Gasteiger partial charge is 0.291 e. The molecule has 0 aliphatic carbocycles. The van der Waals surface area contributed by atoms with E-state index in [0.29, 0.717) is 23.4 Å². The van der Waals surface area contributed by atoms with Gasteiger partial charge in [0.05, 0.1) is 5.69 Å². The molecule has 4 heterocycles. The molecule has 182 valence electrons. The van der Waals surface area contributed by atoms with Gasteiger partial charge in [-0.05, 0) is 81.5 Å². The van der Waals surface area contributed by atoms with E-state index in [1.807, 2.05) is 6.92 Å². The number of aromatic nitrogens is 4. The van der Waals surface area contributed by atoms with Crippen LogP contribution in [0.2, 0.25) is 0 Å². The van der Waals surface area contributed by atoms with Crippen molar-refractivity contribution in [3.63, 3.8) is 0 Å². The van der Waals surface area contributed by atoms with Gasteiger partial charge in [-0.1, -0.05) is 6.92 Å². The van der Waals surface area contributed by atoms with Crippen LogP contribution in [0.25, 0.3) is 16.9 Å². The van der Waals surface area contributed by atoms with Gasteiger partial charge < -0.3 is 14.7 Å². The third kappa shape index (κ3) is 5.16. The lowest BCUT2D eigenvalue weighted by Crippen LogP contribution is -2.39. The van der Waals surface area contributed by atoms with Crippen LogP contribution in [0.15, 0.2) is 16.7 Å². The van der Waals surface area contributed by atoms with Crippen LogP contribution in [0.5, 0.6) is 0 Å². The Morgan fingerprint density at radius 3 is 2.52 bits per heavy atom. The normalized spacial score (nSPS) is 18.3. The van der Waals surface area contributed by atoms with Crippen LogP contribution < -0.4 is 5.32 Å². The van der Waals surface area contributed by atoms with Gasteiger partial charge in [-0.25, -0.2) is 8.78 Å². The second kappa shape index (κ2) is 11.1. The van der Waals surface area contributed by atoms with E-state index in [1.165, 1.54) is 17.5 Å². The van der Waals surface area contributed by atoms with Crippen molar-refractivity contribution in [1.82, 2.24) is 30.1 Å². The van der Waals surface area contributed by atoms with Gasteiger partial charge >= 0.3 is 0 Å². The minimum absolute atomic E-state index is 0. The molecule has 33 heavy (non-hydrogen) atoms. The van der Waals surface area contributed by atoms with Gasteiger partial charge in [-0.15, -0.1) is 24.8 Å². The molecule has 0 unspecified atom stereocenters. The molecule has 1 N–H and O–H groups in total. The molecule has 0 atom stereocenters. The first kappa shape index (κ1) is 25.8. The number of hydrogen-bond acceptors (Lipinski definition) is 6. The summed E-state index contributed by atoms with van der Waals surface area (Å²) in [5.41, 5.74) is 0.729. The van der Waals surface area contributed by atoms with Crippen molar-refractivity contribution < 1.29 is 13.3 Å².